The molecule has 2 rings (SSSR count). The molecule has 0 bridgehead atoms. The summed E-state index contributed by atoms with van der Waals surface area (Å²) in [5.74, 6) is -1.54. The van der Waals surface area contributed by atoms with Crippen molar-refractivity contribution in [1.29, 1.82) is 0 Å². The van der Waals surface area contributed by atoms with Crippen LogP contribution in [0.15, 0.2) is 18.2 Å². The van der Waals surface area contributed by atoms with Crippen molar-refractivity contribution in [2.45, 2.75) is 25.8 Å². The Hall–Kier alpha value is -1.62. The van der Waals surface area contributed by atoms with E-state index >= 15 is 0 Å². The second-order valence-electron chi connectivity index (χ2n) is 5.13. The molecule has 0 radical (unpaired) electrons. The van der Waals surface area contributed by atoms with Crippen LogP contribution in [0.2, 0.25) is 0 Å². The standard InChI is InChI=1S/C14H18FNO3/c15-12-6-11(3-4-13(12)17)9-16-5-1-2-10(8-16)7-14(18)19/h3-4,6,10,17H,1-2,5,7-9H2,(H,18,19). The molecule has 2 N–H and O–H groups in total. The number of halogens is 1. The average molecular weight is 267 g/mol. The van der Waals surface area contributed by atoms with Crippen LogP contribution in [0.5, 0.6) is 5.75 Å². The number of benzene rings is 1. The highest BCUT2D eigenvalue weighted by Crippen LogP contribution is 2.22. The summed E-state index contributed by atoms with van der Waals surface area (Å²) in [6, 6.07) is 4.37. The molecule has 1 aliphatic heterocycles. The van der Waals surface area contributed by atoms with Crippen LogP contribution in [0.3, 0.4) is 0 Å². The molecule has 1 atom stereocenters. The third-order valence-electron chi connectivity index (χ3n) is 3.48. The molecule has 5 heteroatoms. The Bertz CT molecular complexity index is 464. The first-order valence-corrected chi connectivity index (χ1v) is 6.46. The first-order valence-electron chi connectivity index (χ1n) is 6.46. The molecule has 0 amide bonds. The lowest BCUT2D eigenvalue weighted by Crippen LogP contribution is -2.35. The number of hydrogen-bond donors (Lipinski definition) is 2. The Balaban J connectivity index is 1.94. The van der Waals surface area contributed by atoms with Crippen LogP contribution in [-0.4, -0.2) is 34.2 Å². The lowest BCUT2D eigenvalue weighted by Gasteiger charge is -2.32. The zero-order valence-corrected chi connectivity index (χ0v) is 10.7. The molecule has 0 aliphatic carbocycles. The third-order valence-corrected chi connectivity index (χ3v) is 3.48. The van der Waals surface area contributed by atoms with Crippen LogP contribution < -0.4 is 0 Å². The van der Waals surface area contributed by atoms with Crippen LogP contribution >= 0.6 is 0 Å². The van der Waals surface area contributed by atoms with E-state index in [2.05, 4.69) is 4.90 Å². The zero-order chi connectivity index (χ0) is 13.8. The summed E-state index contributed by atoms with van der Waals surface area (Å²) in [4.78, 5) is 12.9. The van der Waals surface area contributed by atoms with E-state index in [0.717, 1.165) is 31.5 Å². The number of carbonyl (C=O) groups is 1. The van der Waals surface area contributed by atoms with Gasteiger partial charge in [0.15, 0.2) is 11.6 Å². The lowest BCUT2D eigenvalue weighted by atomic mass is 9.94. The Morgan fingerprint density at radius 2 is 2.26 bits per heavy atom. The van der Waals surface area contributed by atoms with Crippen molar-refractivity contribution in [1.82, 2.24) is 4.90 Å². The summed E-state index contributed by atoms with van der Waals surface area (Å²) in [5, 5.41) is 17.9. The van der Waals surface area contributed by atoms with E-state index in [4.69, 9.17) is 10.2 Å². The van der Waals surface area contributed by atoms with Gasteiger partial charge < -0.3 is 10.2 Å². The van der Waals surface area contributed by atoms with Gasteiger partial charge in [-0.25, -0.2) is 4.39 Å². The van der Waals surface area contributed by atoms with E-state index in [1.807, 2.05) is 0 Å². The second kappa shape index (κ2) is 6.02. The third kappa shape index (κ3) is 3.92. The molecule has 0 saturated carbocycles. The van der Waals surface area contributed by atoms with Gasteiger partial charge >= 0.3 is 5.97 Å². The number of likely N-dealkylation sites (tertiary alicyclic amines) is 1. The summed E-state index contributed by atoms with van der Waals surface area (Å²) >= 11 is 0. The van der Waals surface area contributed by atoms with Crippen molar-refractivity contribution in [3.8, 4) is 5.75 Å². The van der Waals surface area contributed by atoms with Gasteiger partial charge in [0, 0.05) is 19.5 Å². The monoisotopic (exact) mass is 267 g/mol. The average Bonchev–Trinajstić information content (AvgIpc) is 2.33. The number of aliphatic carboxylic acids is 1. The molecular formula is C14H18FNO3. The highest BCUT2D eigenvalue weighted by atomic mass is 19.1. The topological polar surface area (TPSA) is 60.8 Å². The van der Waals surface area contributed by atoms with Crippen molar-refractivity contribution in [2.24, 2.45) is 5.92 Å². The first-order chi connectivity index (χ1) is 9.04. The summed E-state index contributed by atoms with van der Waals surface area (Å²) in [6.45, 7) is 2.22. The number of aromatic hydroxyl groups is 1. The highest BCUT2D eigenvalue weighted by Gasteiger charge is 2.22. The molecule has 1 fully saturated rings. The van der Waals surface area contributed by atoms with Crippen LogP contribution in [-0.2, 0) is 11.3 Å². The molecule has 1 heterocycles. The molecular weight excluding hydrogens is 249 g/mol. The van der Waals surface area contributed by atoms with Crippen molar-refractivity contribution in [3.05, 3.63) is 29.6 Å². The molecule has 1 aromatic carbocycles. The Morgan fingerprint density at radius 1 is 1.47 bits per heavy atom. The smallest absolute Gasteiger partial charge is 0.303 e. The van der Waals surface area contributed by atoms with Gasteiger partial charge in [-0.1, -0.05) is 6.07 Å². The fourth-order valence-corrected chi connectivity index (χ4v) is 2.62. The van der Waals surface area contributed by atoms with Crippen LogP contribution in [0.25, 0.3) is 0 Å². The molecule has 19 heavy (non-hydrogen) atoms. The molecule has 0 aromatic heterocycles. The minimum atomic E-state index is -0.762. The number of carboxylic acids is 1. The van der Waals surface area contributed by atoms with Crippen LogP contribution in [0, 0.1) is 11.7 Å². The van der Waals surface area contributed by atoms with E-state index in [0.29, 0.717) is 6.54 Å². The van der Waals surface area contributed by atoms with E-state index in [1.165, 1.54) is 12.1 Å². The molecule has 1 aromatic rings. The Morgan fingerprint density at radius 3 is 2.95 bits per heavy atom. The maximum atomic E-state index is 13.2. The summed E-state index contributed by atoms with van der Waals surface area (Å²) in [6.07, 6.45) is 2.10. The summed E-state index contributed by atoms with van der Waals surface area (Å²) < 4.78 is 13.2. The van der Waals surface area contributed by atoms with Crippen molar-refractivity contribution in [2.75, 3.05) is 13.1 Å². The maximum absolute atomic E-state index is 13.2. The zero-order valence-electron chi connectivity index (χ0n) is 10.7. The summed E-state index contributed by atoms with van der Waals surface area (Å²) in [7, 11) is 0. The van der Waals surface area contributed by atoms with Crippen LogP contribution in [0.1, 0.15) is 24.8 Å². The van der Waals surface area contributed by atoms with Gasteiger partial charge in [0.05, 0.1) is 0 Å². The van der Waals surface area contributed by atoms with E-state index < -0.39 is 11.8 Å². The fraction of sp³-hybridized carbons (Fsp3) is 0.500. The molecule has 1 aliphatic rings. The predicted molar refractivity (Wildman–Crippen MR) is 68.3 cm³/mol. The van der Waals surface area contributed by atoms with Gasteiger partial charge in [-0.05, 0) is 43.0 Å². The fourth-order valence-electron chi connectivity index (χ4n) is 2.62. The van der Waals surface area contributed by atoms with Crippen molar-refractivity contribution >= 4 is 5.97 Å². The van der Waals surface area contributed by atoms with Gasteiger partial charge in [0.1, 0.15) is 0 Å². The quantitative estimate of drug-likeness (QED) is 0.878. The van der Waals surface area contributed by atoms with Gasteiger partial charge in [-0.2, -0.15) is 0 Å². The maximum Gasteiger partial charge on any atom is 0.303 e. The van der Waals surface area contributed by atoms with Crippen molar-refractivity contribution in [3.63, 3.8) is 0 Å². The van der Waals surface area contributed by atoms with E-state index in [9.17, 15) is 9.18 Å². The minimum absolute atomic E-state index is 0.174. The number of rotatable bonds is 4. The predicted octanol–water partition coefficient (Wildman–Crippen LogP) is 2.22. The van der Waals surface area contributed by atoms with Crippen molar-refractivity contribution < 1.29 is 19.4 Å². The molecule has 1 unspecified atom stereocenters. The van der Waals surface area contributed by atoms with Gasteiger partial charge in [-0.3, -0.25) is 9.69 Å². The first kappa shape index (κ1) is 13.8. The number of carboxylic acid groups (broad SMARTS) is 1. The molecule has 0 spiro atoms. The molecule has 4 nitrogen and oxygen atoms in total. The SMILES string of the molecule is O=C(O)CC1CCCN(Cc2ccc(O)c(F)c2)C1. The van der Waals surface area contributed by atoms with Gasteiger partial charge in [0.2, 0.25) is 0 Å². The summed E-state index contributed by atoms with van der Waals surface area (Å²) in [5.41, 5.74) is 0.797. The lowest BCUT2D eigenvalue weighted by molar-refractivity contribution is -0.138. The largest absolute Gasteiger partial charge is 0.505 e. The number of nitrogens with zero attached hydrogens (tertiary/aromatic N) is 1. The van der Waals surface area contributed by atoms with Gasteiger partial charge in [0.25, 0.3) is 0 Å². The van der Waals surface area contributed by atoms with E-state index in [1.54, 1.807) is 6.07 Å². The Labute approximate surface area is 111 Å². The van der Waals surface area contributed by atoms with Crippen LogP contribution in [0.4, 0.5) is 4.39 Å². The Kier molecular flexibility index (Phi) is 4.37. The van der Waals surface area contributed by atoms with Gasteiger partial charge in [-0.15, -0.1) is 0 Å². The number of hydrogen-bond acceptors (Lipinski definition) is 3. The number of piperidine rings is 1. The minimum Gasteiger partial charge on any atom is -0.505 e. The highest BCUT2D eigenvalue weighted by molar-refractivity contribution is 5.67. The number of phenols is 1. The second-order valence-corrected chi connectivity index (χ2v) is 5.13. The number of phenolic OH excluding ortho intramolecular Hbond substituents is 1. The molecule has 104 valence electrons. The molecule has 1 saturated heterocycles. The normalized spacial score (nSPS) is 20.4. The van der Waals surface area contributed by atoms with E-state index in [-0.39, 0.29) is 18.1 Å².